The van der Waals surface area contributed by atoms with Gasteiger partial charge in [0.1, 0.15) is 0 Å². The van der Waals surface area contributed by atoms with Gasteiger partial charge in [-0.05, 0) is 55.7 Å². The van der Waals surface area contributed by atoms with Gasteiger partial charge in [-0.15, -0.1) is 0 Å². The number of hydrogen-bond acceptors (Lipinski definition) is 4. The van der Waals surface area contributed by atoms with E-state index in [1.54, 1.807) is 11.3 Å². The molecular formula is C19H35N5S. The molecule has 0 spiro atoms. The number of guanidine groups is 1. The lowest BCUT2D eigenvalue weighted by Crippen LogP contribution is -2.44. The first kappa shape index (κ1) is 20.2. The molecule has 0 saturated carbocycles. The maximum atomic E-state index is 4.75. The lowest BCUT2D eigenvalue weighted by Gasteiger charge is -2.32. The minimum Gasteiger partial charge on any atom is -0.357 e. The summed E-state index contributed by atoms with van der Waals surface area (Å²) in [5.41, 5.74) is 1.39. The smallest absolute Gasteiger partial charge is 0.191 e. The van der Waals surface area contributed by atoms with Gasteiger partial charge in [0, 0.05) is 51.7 Å². The van der Waals surface area contributed by atoms with Gasteiger partial charge in [0.15, 0.2) is 5.96 Å². The zero-order valence-corrected chi connectivity index (χ0v) is 16.9. The van der Waals surface area contributed by atoms with Gasteiger partial charge in [0.05, 0.1) is 0 Å². The molecule has 142 valence electrons. The van der Waals surface area contributed by atoms with Crippen molar-refractivity contribution in [3.05, 3.63) is 22.4 Å². The number of piperazine rings is 1. The number of nitrogens with one attached hydrogen (secondary N) is 2. The quantitative estimate of drug-likeness (QED) is 0.401. The number of unbranched alkanes of at least 4 members (excludes halogenated alkanes) is 1. The lowest BCUT2D eigenvalue weighted by molar-refractivity contribution is 0.152. The van der Waals surface area contributed by atoms with Gasteiger partial charge in [-0.3, -0.25) is 4.99 Å². The molecule has 0 amide bonds. The Balaban J connectivity index is 1.62. The van der Waals surface area contributed by atoms with Crippen molar-refractivity contribution in [3.63, 3.8) is 0 Å². The summed E-state index contributed by atoms with van der Waals surface area (Å²) in [7, 11) is 2.21. The Hall–Kier alpha value is -1.11. The Morgan fingerprint density at radius 2 is 2.04 bits per heavy atom. The molecule has 2 rings (SSSR count). The first-order valence-electron chi connectivity index (χ1n) is 9.64. The average Bonchev–Trinajstić information content (AvgIpc) is 3.15. The zero-order valence-electron chi connectivity index (χ0n) is 16.1. The fourth-order valence-corrected chi connectivity index (χ4v) is 3.75. The average molecular weight is 366 g/mol. The van der Waals surface area contributed by atoms with E-state index in [1.807, 2.05) is 0 Å². The molecule has 0 aromatic carbocycles. The van der Waals surface area contributed by atoms with Crippen molar-refractivity contribution in [1.29, 1.82) is 0 Å². The lowest BCUT2D eigenvalue weighted by atomic mass is 10.1. The number of nitrogens with zero attached hydrogens (tertiary/aromatic N) is 3. The van der Waals surface area contributed by atoms with E-state index >= 15 is 0 Å². The second kappa shape index (κ2) is 11.5. The standard InChI is InChI=1S/C19H35N5S/c1-4-20-19(22-15-17(2)18-7-14-25-16-18)21-8-5-6-9-24-12-10-23(3)11-13-24/h7,14,16-17H,4-6,8-13,15H2,1-3H3,(H2,20,21,22). The highest BCUT2D eigenvalue weighted by Crippen LogP contribution is 2.18. The van der Waals surface area contributed by atoms with Gasteiger partial charge < -0.3 is 20.4 Å². The topological polar surface area (TPSA) is 42.9 Å². The number of aliphatic imine (C=N–C) groups is 1. The van der Waals surface area contributed by atoms with Crippen molar-refractivity contribution >= 4 is 17.3 Å². The second-order valence-electron chi connectivity index (χ2n) is 6.96. The molecule has 1 fully saturated rings. The van der Waals surface area contributed by atoms with E-state index in [1.165, 1.54) is 51.1 Å². The summed E-state index contributed by atoms with van der Waals surface area (Å²) in [5.74, 6) is 1.42. The molecule has 1 saturated heterocycles. The predicted octanol–water partition coefficient (Wildman–Crippen LogP) is 2.43. The highest BCUT2D eigenvalue weighted by atomic mass is 32.1. The van der Waals surface area contributed by atoms with E-state index in [2.05, 4.69) is 58.2 Å². The van der Waals surface area contributed by atoms with Crippen LogP contribution in [0.15, 0.2) is 21.8 Å². The van der Waals surface area contributed by atoms with Crippen molar-refractivity contribution < 1.29 is 0 Å². The molecule has 1 aromatic rings. The van der Waals surface area contributed by atoms with Crippen LogP contribution in [0.4, 0.5) is 0 Å². The van der Waals surface area contributed by atoms with Gasteiger partial charge in [-0.25, -0.2) is 0 Å². The first-order valence-corrected chi connectivity index (χ1v) is 10.6. The number of hydrogen-bond donors (Lipinski definition) is 2. The highest BCUT2D eigenvalue weighted by Gasteiger charge is 2.12. The summed E-state index contributed by atoms with van der Waals surface area (Å²) in [6, 6.07) is 2.20. The van der Waals surface area contributed by atoms with Crippen molar-refractivity contribution in [3.8, 4) is 0 Å². The van der Waals surface area contributed by atoms with Crippen LogP contribution in [0.25, 0.3) is 0 Å². The van der Waals surface area contributed by atoms with Gasteiger partial charge in [-0.1, -0.05) is 6.92 Å². The molecule has 1 atom stereocenters. The fraction of sp³-hybridized carbons (Fsp3) is 0.737. The van der Waals surface area contributed by atoms with E-state index in [4.69, 9.17) is 4.99 Å². The van der Waals surface area contributed by atoms with Crippen molar-refractivity contribution in [2.45, 2.75) is 32.6 Å². The van der Waals surface area contributed by atoms with E-state index in [-0.39, 0.29) is 0 Å². The highest BCUT2D eigenvalue weighted by molar-refractivity contribution is 7.07. The Kier molecular flexibility index (Phi) is 9.29. The molecule has 1 aromatic heterocycles. The van der Waals surface area contributed by atoms with Crippen LogP contribution in [0.1, 0.15) is 38.2 Å². The molecule has 0 bridgehead atoms. The maximum absolute atomic E-state index is 4.75. The van der Waals surface area contributed by atoms with E-state index in [0.717, 1.165) is 25.6 Å². The molecule has 0 radical (unpaired) electrons. The minimum atomic E-state index is 0.471. The van der Waals surface area contributed by atoms with Crippen molar-refractivity contribution in [2.75, 3.05) is 59.4 Å². The summed E-state index contributed by atoms with van der Waals surface area (Å²) in [5, 5.41) is 11.2. The summed E-state index contributed by atoms with van der Waals surface area (Å²) >= 11 is 1.76. The van der Waals surface area contributed by atoms with Crippen molar-refractivity contribution in [1.82, 2.24) is 20.4 Å². The van der Waals surface area contributed by atoms with Gasteiger partial charge in [0.2, 0.25) is 0 Å². The van der Waals surface area contributed by atoms with Crippen LogP contribution in [0, 0.1) is 0 Å². The van der Waals surface area contributed by atoms with Crippen LogP contribution in [0.3, 0.4) is 0 Å². The number of rotatable bonds is 9. The fourth-order valence-electron chi connectivity index (χ4n) is 2.97. The molecule has 5 nitrogen and oxygen atoms in total. The Labute approximate surface area is 157 Å². The van der Waals surface area contributed by atoms with Crippen LogP contribution in [-0.2, 0) is 0 Å². The molecule has 1 aliphatic rings. The minimum absolute atomic E-state index is 0.471. The largest absolute Gasteiger partial charge is 0.357 e. The molecule has 6 heteroatoms. The molecule has 1 aliphatic heterocycles. The molecule has 2 heterocycles. The van der Waals surface area contributed by atoms with Gasteiger partial charge in [0.25, 0.3) is 0 Å². The summed E-state index contributed by atoms with van der Waals surface area (Å²) in [6.07, 6.45) is 2.44. The first-order chi connectivity index (χ1) is 12.2. The Morgan fingerprint density at radius 1 is 1.24 bits per heavy atom. The van der Waals surface area contributed by atoms with Crippen LogP contribution in [0.5, 0.6) is 0 Å². The second-order valence-corrected chi connectivity index (χ2v) is 7.74. The maximum Gasteiger partial charge on any atom is 0.191 e. The third kappa shape index (κ3) is 7.75. The van der Waals surface area contributed by atoms with E-state index < -0.39 is 0 Å². The van der Waals surface area contributed by atoms with Crippen LogP contribution < -0.4 is 10.6 Å². The third-order valence-electron chi connectivity index (χ3n) is 4.77. The summed E-state index contributed by atoms with van der Waals surface area (Å²) in [4.78, 5) is 9.74. The predicted molar refractivity (Wildman–Crippen MR) is 110 cm³/mol. The molecule has 1 unspecified atom stereocenters. The van der Waals surface area contributed by atoms with Crippen LogP contribution >= 0.6 is 11.3 Å². The van der Waals surface area contributed by atoms with Gasteiger partial charge in [-0.2, -0.15) is 11.3 Å². The van der Waals surface area contributed by atoms with E-state index in [0.29, 0.717) is 5.92 Å². The Bertz CT molecular complexity index is 480. The molecule has 25 heavy (non-hydrogen) atoms. The van der Waals surface area contributed by atoms with E-state index in [9.17, 15) is 0 Å². The van der Waals surface area contributed by atoms with Crippen molar-refractivity contribution in [2.24, 2.45) is 4.99 Å². The monoisotopic (exact) mass is 365 g/mol. The summed E-state index contributed by atoms with van der Waals surface area (Å²) < 4.78 is 0. The third-order valence-corrected chi connectivity index (χ3v) is 5.47. The normalized spacial score (nSPS) is 18.3. The zero-order chi connectivity index (χ0) is 17.9. The number of thiophene rings is 1. The van der Waals surface area contributed by atoms with Crippen LogP contribution in [0.2, 0.25) is 0 Å². The Morgan fingerprint density at radius 3 is 2.72 bits per heavy atom. The van der Waals surface area contributed by atoms with Gasteiger partial charge >= 0.3 is 0 Å². The SMILES string of the molecule is CCNC(=NCC(C)c1ccsc1)NCCCCN1CCN(C)CC1. The number of likely N-dealkylation sites (N-methyl/N-ethyl adjacent to an activating group) is 1. The van der Waals surface area contributed by atoms with Crippen LogP contribution in [-0.4, -0.2) is 75.2 Å². The molecule has 0 aliphatic carbocycles. The summed E-state index contributed by atoms with van der Waals surface area (Å²) in [6.45, 7) is 13.1. The molecule has 2 N–H and O–H groups in total. The molecular weight excluding hydrogens is 330 g/mol.